The zero-order valence-electron chi connectivity index (χ0n) is 22.6. The zero-order chi connectivity index (χ0) is 30.0. The molecule has 0 spiro atoms. The molecule has 42 heavy (non-hydrogen) atoms. The van der Waals surface area contributed by atoms with E-state index in [1.54, 1.807) is 0 Å². The molecule has 1 aliphatic carbocycles. The van der Waals surface area contributed by atoms with Gasteiger partial charge in [-0.05, 0) is 61.1 Å². The van der Waals surface area contributed by atoms with Gasteiger partial charge in [-0.1, -0.05) is 12.1 Å². The number of carbonyl (C=O) groups is 1. The van der Waals surface area contributed by atoms with Gasteiger partial charge < -0.3 is 16.4 Å². The van der Waals surface area contributed by atoms with Gasteiger partial charge in [-0.15, -0.1) is 0 Å². The number of aromatic nitrogens is 1. The predicted molar refractivity (Wildman–Crippen MR) is 149 cm³/mol. The smallest absolute Gasteiger partial charge is 0.242 e. The van der Waals surface area contributed by atoms with Crippen LogP contribution in [0.1, 0.15) is 41.9 Å². The fraction of sp³-hybridized carbons (Fsp3) is 0.379. The molecule has 224 valence electrons. The van der Waals surface area contributed by atoms with Gasteiger partial charge in [-0.25, -0.2) is 26.0 Å². The first-order valence-corrected chi connectivity index (χ1v) is 15.2. The van der Waals surface area contributed by atoms with Crippen LogP contribution in [-0.2, 0) is 21.2 Å². The predicted octanol–water partition coefficient (Wildman–Crippen LogP) is 3.43. The van der Waals surface area contributed by atoms with Crippen molar-refractivity contribution in [2.45, 2.75) is 48.9 Å². The Morgan fingerprint density at radius 2 is 1.71 bits per heavy atom. The van der Waals surface area contributed by atoms with Crippen LogP contribution in [-0.4, -0.2) is 60.6 Å². The van der Waals surface area contributed by atoms with Crippen LogP contribution in [0, 0.1) is 23.3 Å². The molecule has 1 aliphatic heterocycles. The van der Waals surface area contributed by atoms with Crippen LogP contribution >= 0.6 is 0 Å². The lowest BCUT2D eigenvalue weighted by Crippen LogP contribution is -2.54. The third-order valence-corrected chi connectivity index (χ3v) is 10.1. The largest absolute Gasteiger partial charge is 0.323 e. The molecule has 8 nitrogen and oxygen atoms in total. The third-order valence-electron chi connectivity index (χ3n) is 7.69. The van der Waals surface area contributed by atoms with E-state index in [2.05, 4.69) is 15.6 Å². The molecule has 13 heteroatoms. The van der Waals surface area contributed by atoms with Gasteiger partial charge in [-0.2, -0.15) is 4.31 Å². The highest BCUT2D eigenvalue weighted by Gasteiger charge is 2.43. The van der Waals surface area contributed by atoms with Crippen molar-refractivity contribution in [2.75, 3.05) is 25.0 Å². The van der Waals surface area contributed by atoms with Crippen LogP contribution in [0.4, 0.5) is 23.2 Å². The van der Waals surface area contributed by atoms with E-state index >= 15 is 4.39 Å². The number of nitrogens with two attached hydrogens (primary N) is 1. The topological polar surface area (TPSA) is 117 Å². The molecule has 2 heterocycles. The molecule has 0 bridgehead atoms. The van der Waals surface area contributed by atoms with Gasteiger partial charge in [0.2, 0.25) is 15.9 Å². The molecule has 3 atom stereocenters. The standard InChI is InChI=1S/C29H31F4N5O3S/c30-19-3-1-17(2-4-19)27(18-11-20(31)13-21(32)12-18)28(34)29(39)37-26-16-36-15-25(33)24(26)8-5-22-14-35-9-10-38(22)42(40,41)23-6-7-23/h1-4,11-13,15-16,22-23,27-28,35H,5-10,14,34H2,(H,37,39)/t22-,27-,28-/m0/s1. The van der Waals surface area contributed by atoms with Crippen molar-refractivity contribution in [1.29, 1.82) is 0 Å². The Bertz CT molecular complexity index is 1530. The van der Waals surface area contributed by atoms with Crippen molar-refractivity contribution in [3.63, 3.8) is 0 Å². The number of benzene rings is 2. The van der Waals surface area contributed by atoms with E-state index in [9.17, 15) is 26.4 Å². The first-order valence-electron chi connectivity index (χ1n) is 13.7. The molecular weight excluding hydrogens is 574 g/mol. The summed E-state index contributed by atoms with van der Waals surface area (Å²) in [6.07, 6.45) is 3.91. The molecule has 1 saturated heterocycles. The van der Waals surface area contributed by atoms with E-state index in [4.69, 9.17) is 5.73 Å². The summed E-state index contributed by atoms with van der Waals surface area (Å²) in [7, 11) is -3.44. The van der Waals surface area contributed by atoms with Crippen molar-refractivity contribution in [2.24, 2.45) is 5.73 Å². The summed E-state index contributed by atoms with van der Waals surface area (Å²) in [4.78, 5) is 17.3. The minimum atomic E-state index is -3.44. The number of hydrogen-bond donors (Lipinski definition) is 3. The van der Waals surface area contributed by atoms with Crippen molar-refractivity contribution >= 4 is 21.6 Å². The van der Waals surface area contributed by atoms with Crippen molar-refractivity contribution in [1.82, 2.24) is 14.6 Å². The normalized spacial score (nSPS) is 19.3. The fourth-order valence-electron chi connectivity index (χ4n) is 5.41. The lowest BCUT2D eigenvalue weighted by atomic mass is 9.84. The molecular formula is C29H31F4N5O3S. The number of hydrogen-bond acceptors (Lipinski definition) is 6. The van der Waals surface area contributed by atoms with Crippen LogP contribution in [0.3, 0.4) is 0 Å². The molecule has 2 aromatic carbocycles. The second-order valence-electron chi connectivity index (χ2n) is 10.6. The van der Waals surface area contributed by atoms with Crippen LogP contribution in [0.5, 0.6) is 0 Å². The van der Waals surface area contributed by atoms with E-state index in [1.807, 2.05) is 0 Å². The highest BCUT2D eigenvalue weighted by molar-refractivity contribution is 7.90. The molecule has 2 fully saturated rings. The third kappa shape index (κ3) is 6.64. The number of sulfonamides is 1. The Balaban J connectivity index is 1.37. The molecule has 0 unspecified atom stereocenters. The highest BCUT2D eigenvalue weighted by Crippen LogP contribution is 2.34. The Morgan fingerprint density at radius 3 is 2.38 bits per heavy atom. The first kappa shape index (κ1) is 30.1. The van der Waals surface area contributed by atoms with E-state index in [0.29, 0.717) is 44.1 Å². The van der Waals surface area contributed by atoms with Crippen LogP contribution in [0.15, 0.2) is 54.9 Å². The fourth-order valence-corrected chi connectivity index (χ4v) is 7.47. The number of amides is 1. The Hall–Kier alpha value is -3.39. The number of piperazine rings is 1. The second-order valence-corrected chi connectivity index (χ2v) is 12.8. The van der Waals surface area contributed by atoms with E-state index in [0.717, 1.165) is 30.5 Å². The maximum Gasteiger partial charge on any atom is 0.242 e. The average Bonchev–Trinajstić information content (AvgIpc) is 3.80. The number of carbonyl (C=O) groups excluding carboxylic acids is 1. The van der Waals surface area contributed by atoms with Gasteiger partial charge in [0.25, 0.3) is 0 Å². The molecule has 1 saturated carbocycles. The maximum atomic E-state index is 15.0. The Labute approximate surface area is 241 Å². The van der Waals surface area contributed by atoms with Gasteiger partial charge in [0.15, 0.2) is 0 Å². The lowest BCUT2D eigenvalue weighted by molar-refractivity contribution is -0.117. The van der Waals surface area contributed by atoms with Crippen LogP contribution in [0.2, 0.25) is 0 Å². The van der Waals surface area contributed by atoms with Gasteiger partial charge in [0.1, 0.15) is 23.3 Å². The lowest BCUT2D eigenvalue weighted by Gasteiger charge is -2.35. The highest BCUT2D eigenvalue weighted by atomic mass is 32.2. The summed E-state index contributed by atoms with van der Waals surface area (Å²) in [6.45, 7) is 1.26. The van der Waals surface area contributed by atoms with Gasteiger partial charge in [0.05, 0.1) is 29.4 Å². The zero-order valence-corrected chi connectivity index (χ0v) is 23.4. The van der Waals surface area contributed by atoms with Gasteiger partial charge >= 0.3 is 0 Å². The molecule has 0 radical (unpaired) electrons. The summed E-state index contributed by atoms with van der Waals surface area (Å²) in [6, 6.07) is 5.96. The summed E-state index contributed by atoms with van der Waals surface area (Å²) in [5, 5.41) is 5.41. The minimum absolute atomic E-state index is 0.0408. The van der Waals surface area contributed by atoms with Crippen molar-refractivity contribution in [3.05, 3.63) is 94.8 Å². The number of rotatable bonds is 10. The first-order chi connectivity index (χ1) is 20.0. The SMILES string of the molecule is N[C@H](C(=O)Nc1cncc(F)c1CC[C@H]1CNCCN1S(=O)(=O)C1CC1)[C@@H](c1ccc(F)cc1)c1cc(F)cc(F)c1. The monoisotopic (exact) mass is 605 g/mol. The number of nitrogens with one attached hydrogen (secondary N) is 2. The second kappa shape index (κ2) is 12.5. The Morgan fingerprint density at radius 1 is 1.02 bits per heavy atom. The van der Waals surface area contributed by atoms with Crippen LogP contribution in [0.25, 0.3) is 0 Å². The van der Waals surface area contributed by atoms with Crippen LogP contribution < -0.4 is 16.4 Å². The number of halogens is 4. The van der Waals surface area contributed by atoms with Crippen molar-refractivity contribution in [3.8, 4) is 0 Å². The van der Waals surface area contributed by atoms with Gasteiger partial charge in [0, 0.05) is 43.2 Å². The molecule has 1 aromatic heterocycles. The van der Waals surface area contributed by atoms with Gasteiger partial charge in [-0.3, -0.25) is 9.78 Å². The quantitative estimate of drug-likeness (QED) is 0.305. The van der Waals surface area contributed by atoms with E-state index < -0.39 is 57.2 Å². The summed E-state index contributed by atoms with van der Waals surface area (Å²) in [5.41, 5.74) is 6.90. The summed E-state index contributed by atoms with van der Waals surface area (Å²) < 4.78 is 84.3. The number of pyridine rings is 1. The molecule has 3 aromatic rings. The number of anilines is 1. The molecule has 2 aliphatic rings. The molecule has 1 amide bonds. The molecule has 4 N–H and O–H groups in total. The minimum Gasteiger partial charge on any atom is -0.323 e. The Kier molecular flexibility index (Phi) is 8.92. The van der Waals surface area contributed by atoms with E-state index in [-0.39, 0.29) is 34.9 Å². The van der Waals surface area contributed by atoms with Crippen molar-refractivity contribution < 1.29 is 30.8 Å². The number of nitrogens with zero attached hydrogens (tertiary/aromatic N) is 2. The average molecular weight is 606 g/mol. The maximum absolute atomic E-state index is 15.0. The summed E-state index contributed by atoms with van der Waals surface area (Å²) >= 11 is 0. The van der Waals surface area contributed by atoms with E-state index in [1.165, 1.54) is 22.6 Å². The summed E-state index contributed by atoms with van der Waals surface area (Å²) in [5.74, 6) is -4.86. The molecule has 5 rings (SSSR count).